The molecule has 0 unspecified atom stereocenters. The van der Waals surface area contributed by atoms with E-state index in [0.29, 0.717) is 23.3 Å². The van der Waals surface area contributed by atoms with Gasteiger partial charge in [-0.1, -0.05) is 0 Å². The summed E-state index contributed by atoms with van der Waals surface area (Å²) in [6.07, 6.45) is 4.52. The van der Waals surface area contributed by atoms with Crippen molar-refractivity contribution in [3.8, 4) is 22.8 Å². The van der Waals surface area contributed by atoms with Crippen LogP contribution in [0.5, 0.6) is 11.5 Å². The second-order valence-electron chi connectivity index (χ2n) is 7.01. The molecule has 0 aliphatic heterocycles. The van der Waals surface area contributed by atoms with E-state index in [4.69, 9.17) is 9.47 Å². The van der Waals surface area contributed by atoms with Crippen LogP contribution in [0.15, 0.2) is 48.8 Å². The van der Waals surface area contributed by atoms with Crippen molar-refractivity contribution in [3.05, 3.63) is 48.8 Å². The van der Waals surface area contributed by atoms with Crippen molar-refractivity contribution in [2.75, 3.05) is 52.0 Å². The Kier molecular flexibility index (Phi) is 7.40. The largest absolute Gasteiger partial charge is 0.497 e. The van der Waals surface area contributed by atoms with E-state index in [2.05, 4.69) is 44.6 Å². The quantitative estimate of drug-likeness (QED) is 0.492. The number of methoxy groups -OCH3 is 2. The Balaban J connectivity index is 1.88. The minimum Gasteiger partial charge on any atom is -0.497 e. The molecule has 3 rings (SSSR count). The summed E-state index contributed by atoms with van der Waals surface area (Å²) in [5.41, 5.74) is 2.51. The molecule has 0 amide bonds. The predicted molar refractivity (Wildman–Crippen MR) is 120 cm³/mol. The molecule has 0 aliphatic carbocycles. The van der Waals surface area contributed by atoms with Crippen LogP contribution in [0.2, 0.25) is 0 Å². The fourth-order valence-electron chi connectivity index (χ4n) is 2.88. The summed E-state index contributed by atoms with van der Waals surface area (Å²) < 4.78 is 10.7. The SMILES string of the molecule is COc1cc(Nc2cc(-c3cccnc3)nc(NCCCN(C)C)n2)cc(OC)c1. The molecule has 0 radical (unpaired) electrons. The zero-order valence-corrected chi connectivity index (χ0v) is 17.8. The first-order valence-electron chi connectivity index (χ1n) is 9.75. The number of aromatic nitrogens is 3. The molecule has 0 aliphatic rings. The summed E-state index contributed by atoms with van der Waals surface area (Å²) in [6, 6.07) is 11.4. The fraction of sp³-hybridized carbons (Fsp3) is 0.318. The Hall–Kier alpha value is -3.39. The van der Waals surface area contributed by atoms with Gasteiger partial charge in [0.1, 0.15) is 17.3 Å². The summed E-state index contributed by atoms with van der Waals surface area (Å²) in [7, 11) is 7.37. The minimum atomic E-state index is 0.562. The molecule has 2 heterocycles. The van der Waals surface area contributed by atoms with Gasteiger partial charge >= 0.3 is 0 Å². The lowest BCUT2D eigenvalue weighted by Crippen LogP contribution is -2.17. The van der Waals surface area contributed by atoms with Crippen LogP contribution < -0.4 is 20.1 Å². The van der Waals surface area contributed by atoms with Crippen molar-refractivity contribution < 1.29 is 9.47 Å². The van der Waals surface area contributed by atoms with Gasteiger partial charge in [0.05, 0.1) is 19.9 Å². The van der Waals surface area contributed by atoms with Crippen LogP contribution in [-0.4, -0.2) is 61.3 Å². The Morgan fingerprint density at radius 1 is 1.00 bits per heavy atom. The number of nitrogens with one attached hydrogen (secondary N) is 2. The molecule has 0 saturated heterocycles. The fourth-order valence-corrected chi connectivity index (χ4v) is 2.88. The van der Waals surface area contributed by atoms with Crippen molar-refractivity contribution in [3.63, 3.8) is 0 Å². The molecular formula is C22H28N6O2. The van der Waals surface area contributed by atoms with E-state index in [1.54, 1.807) is 26.6 Å². The molecule has 30 heavy (non-hydrogen) atoms. The number of pyridine rings is 1. The maximum Gasteiger partial charge on any atom is 0.225 e. The number of hydrogen-bond acceptors (Lipinski definition) is 8. The first kappa shape index (κ1) is 21.3. The van der Waals surface area contributed by atoms with Gasteiger partial charge in [0.25, 0.3) is 0 Å². The van der Waals surface area contributed by atoms with E-state index in [1.807, 2.05) is 36.4 Å². The molecule has 1 aromatic carbocycles. The molecular weight excluding hydrogens is 380 g/mol. The van der Waals surface area contributed by atoms with Gasteiger partial charge < -0.3 is 25.0 Å². The lowest BCUT2D eigenvalue weighted by atomic mass is 10.2. The highest BCUT2D eigenvalue weighted by Gasteiger charge is 2.09. The highest BCUT2D eigenvalue weighted by atomic mass is 16.5. The number of ether oxygens (including phenoxy) is 2. The van der Waals surface area contributed by atoms with Gasteiger partial charge in [0, 0.05) is 54.5 Å². The second-order valence-corrected chi connectivity index (χ2v) is 7.01. The maximum absolute atomic E-state index is 5.36. The first-order chi connectivity index (χ1) is 14.6. The second kappa shape index (κ2) is 10.4. The van der Waals surface area contributed by atoms with Gasteiger partial charge in [0.2, 0.25) is 5.95 Å². The number of nitrogens with zero attached hydrogens (tertiary/aromatic N) is 4. The summed E-state index contributed by atoms with van der Waals surface area (Å²) in [5.74, 6) is 2.61. The van der Waals surface area contributed by atoms with E-state index in [1.165, 1.54) is 0 Å². The molecule has 0 fully saturated rings. The van der Waals surface area contributed by atoms with Crippen LogP contribution >= 0.6 is 0 Å². The predicted octanol–water partition coefficient (Wildman–Crippen LogP) is 3.66. The molecule has 8 nitrogen and oxygen atoms in total. The maximum atomic E-state index is 5.36. The average molecular weight is 409 g/mol. The Morgan fingerprint density at radius 3 is 2.40 bits per heavy atom. The molecule has 158 valence electrons. The Morgan fingerprint density at radius 2 is 1.77 bits per heavy atom. The van der Waals surface area contributed by atoms with Crippen molar-refractivity contribution in [1.29, 1.82) is 0 Å². The highest BCUT2D eigenvalue weighted by Crippen LogP contribution is 2.29. The Bertz CT molecular complexity index is 927. The van der Waals surface area contributed by atoms with Gasteiger partial charge in [-0.3, -0.25) is 4.98 Å². The average Bonchev–Trinajstić information content (AvgIpc) is 2.76. The van der Waals surface area contributed by atoms with Crippen molar-refractivity contribution in [2.45, 2.75) is 6.42 Å². The zero-order valence-electron chi connectivity index (χ0n) is 17.8. The summed E-state index contributed by atoms with van der Waals surface area (Å²) in [6.45, 7) is 1.77. The van der Waals surface area contributed by atoms with Gasteiger partial charge in [-0.2, -0.15) is 4.98 Å². The van der Waals surface area contributed by atoms with Gasteiger partial charge in [-0.15, -0.1) is 0 Å². The van der Waals surface area contributed by atoms with Crippen LogP contribution in [0.3, 0.4) is 0 Å². The van der Waals surface area contributed by atoms with Crippen molar-refractivity contribution >= 4 is 17.5 Å². The summed E-state index contributed by atoms with van der Waals surface area (Å²) >= 11 is 0. The molecule has 3 aromatic rings. The molecule has 0 atom stereocenters. The first-order valence-corrected chi connectivity index (χ1v) is 9.75. The minimum absolute atomic E-state index is 0.562. The normalized spacial score (nSPS) is 10.7. The van der Waals surface area contributed by atoms with Crippen molar-refractivity contribution in [1.82, 2.24) is 19.9 Å². The summed E-state index contributed by atoms with van der Waals surface area (Å²) in [5, 5.41) is 6.66. The van der Waals surface area contributed by atoms with Crippen LogP contribution in [-0.2, 0) is 0 Å². The standard InChI is InChI=1S/C22H28N6O2/c1-28(2)10-6-9-24-22-26-20(16-7-5-8-23-15-16)14-21(27-22)25-17-11-18(29-3)13-19(12-17)30-4/h5,7-8,11-15H,6,9-10H2,1-4H3,(H2,24,25,26,27). The number of rotatable bonds is 10. The number of benzene rings is 1. The van der Waals surface area contributed by atoms with E-state index in [0.717, 1.165) is 36.5 Å². The highest BCUT2D eigenvalue weighted by molar-refractivity contribution is 5.68. The number of anilines is 3. The van der Waals surface area contributed by atoms with Gasteiger partial charge in [-0.25, -0.2) is 4.98 Å². The Labute approximate surface area is 177 Å². The molecule has 0 spiro atoms. The summed E-state index contributed by atoms with van der Waals surface area (Å²) in [4.78, 5) is 15.7. The van der Waals surface area contributed by atoms with Crippen molar-refractivity contribution in [2.24, 2.45) is 0 Å². The van der Waals surface area contributed by atoms with Crippen LogP contribution in [0, 0.1) is 0 Å². The van der Waals surface area contributed by atoms with E-state index < -0.39 is 0 Å². The van der Waals surface area contributed by atoms with Gasteiger partial charge in [-0.05, 0) is 39.2 Å². The third-order valence-corrected chi connectivity index (χ3v) is 4.37. The molecule has 2 N–H and O–H groups in total. The van der Waals surface area contributed by atoms with E-state index >= 15 is 0 Å². The molecule has 2 aromatic heterocycles. The third-order valence-electron chi connectivity index (χ3n) is 4.37. The lowest BCUT2D eigenvalue weighted by molar-refractivity contribution is 0.395. The number of hydrogen-bond donors (Lipinski definition) is 2. The third kappa shape index (κ3) is 6.05. The monoisotopic (exact) mass is 408 g/mol. The van der Waals surface area contributed by atoms with Crippen LogP contribution in [0.4, 0.5) is 17.5 Å². The zero-order chi connectivity index (χ0) is 21.3. The van der Waals surface area contributed by atoms with E-state index in [9.17, 15) is 0 Å². The molecule has 0 bridgehead atoms. The van der Waals surface area contributed by atoms with E-state index in [-0.39, 0.29) is 0 Å². The molecule has 0 saturated carbocycles. The molecule has 8 heteroatoms. The van der Waals surface area contributed by atoms with Gasteiger partial charge in [0.15, 0.2) is 0 Å². The van der Waals surface area contributed by atoms with Crippen LogP contribution in [0.25, 0.3) is 11.3 Å². The lowest BCUT2D eigenvalue weighted by Gasteiger charge is -2.14. The van der Waals surface area contributed by atoms with Crippen LogP contribution in [0.1, 0.15) is 6.42 Å². The smallest absolute Gasteiger partial charge is 0.225 e. The topological polar surface area (TPSA) is 84.4 Å².